The van der Waals surface area contributed by atoms with Gasteiger partial charge in [-0.05, 0) is 25.5 Å². The maximum absolute atomic E-state index is 11.4. The Balaban J connectivity index is 2.52. The van der Waals surface area contributed by atoms with Crippen LogP contribution in [0.25, 0.3) is 0 Å². The summed E-state index contributed by atoms with van der Waals surface area (Å²) in [7, 11) is 0. The minimum atomic E-state index is -0.414. The highest BCUT2D eigenvalue weighted by Crippen LogP contribution is 2.17. The third-order valence-electron chi connectivity index (χ3n) is 2.26. The molecule has 1 aromatic rings. The number of ether oxygens (including phenoxy) is 2. The van der Waals surface area contributed by atoms with Crippen molar-refractivity contribution in [3.05, 3.63) is 24.3 Å². The molecule has 5 heteroatoms. The van der Waals surface area contributed by atoms with Gasteiger partial charge in [0.15, 0.2) is 6.61 Å². The van der Waals surface area contributed by atoms with Crippen LogP contribution in [0.5, 0.6) is 5.75 Å². The fourth-order valence-corrected chi connectivity index (χ4v) is 1.46. The number of anilines is 1. The predicted octanol–water partition coefficient (Wildman–Crippen LogP) is 2.37. The summed E-state index contributed by atoms with van der Waals surface area (Å²) in [6.45, 7) is 3.87. The van der Waals surface area contributed by atoms with Crippen LogP contribution in [0.3, 0.4) is 0 Å². The van der Waals surface area contributed by atoms with Crippen molar-refractivity contribution >= 4 is 17.6 Å². The largest absolute Gasteiger partial charge is 0.482 e. The van der Waals surface area contributed by atoms with Gasteiger partial charge in [-0.25, -0.2) is 4.79 Å². The van der Waals surface area contributed by atoms with E-state index in [2.05, 4.69) is 5.32 Å². The Morgan fingerprint density at radius 3 is 2.74 bits per heavy atom. The number of nitrogens with one attached hydrogen (secondary N) is 1. The average molecular weight is 265 g/mol. The quantitative estimate of drug-likeness (QED) is 0.769. The first kappa shape index (κ1) is 15.0. The molecular formula is C14H19NO4. The Morgan fingerprint density at radius 2 is 2.05 bits per heavy atom. The van der Waals surface area contributed by atoms with Crippen molar-refractivity contribution in [3.63, 3.8) is 0 Å². The molecule has 1 aromatic carbocycles. The number of benzene rings is 1. The molecule has 19 heavy (non-hydrogen) atoms. The molecule has 0 spiro atoms. The van der Waals surface area contributed by atoms with Gasteiger partial charge in [-0.3, -0.25) is 4.79 Å². The molecule has 0 aliphatic carbocycles. The van der Waals surface area contributed by atoms with Gasteiger partial charge >= 0.3 is 5.97 Å². The standard InChI is InChI=1S/C14H19NO4/c1-3-6-13(16)15-11-7-5-8-12(9-11)19-10-14(17)18-4-2/h5,7-9H,3-4,6,10H2,1-2H3,(H,15,16). The van der Waals surface area contributed by atoms with Crippen LogP contribution >= 0.6 is 0 Å². The summed E-state index contributed by atoms with van der Waals surface area (Å²) in [5.74, 6) is 0.0651. The Hall–Kier alpha value is -2.04. The van der Waals surface area contributed by atoms with E-state index in [1.165, 1.54) is 0 Å². The molecule has 5 nitrogen and oxygen atoms in total. The van der Waals surface area contributed by atoms with Crippen molar-refractivity contribution in [3.8, 4) is 5.75 Å². The van der Waals surface area contributed by atoms with E-state index in [9.17, 15) is 9.59 Å². The summed E-state index contributed by atoms with van der Waals surface area (Å²) in [6.07, 6.45) is 1.28. The number of carbonyl (C=O) groups is 2. The van der Waals surface area contributed by atoms with Crippen LogP contribution in [-0.2, 0) is 14.3 Å². The Labute approximate surface area is 112 Å². The molecule has 0 aromatic heterocycles. The van der Waals surface area contributed by atoms with Gasteiger partial charge in [0.25, 0.3) is 0 Å². The first-order chi connectivity index (χ1) is 9.15. The molecule has 1 amide bonds. The van der Waals surface area contributed by atoms with E-state index >= 15 is 0 Å². The molecule has 0 fully saturated rings. The van der Waals surface area contributed by atoms with Crippen molar-refractivity contribution in [1.82, 2.24) is 0 Å². The molecule has 1 rings (SSSR count). The number of hydrogen-bond donors (Lipinski definition) is 1. The molecule has 0 bridgehead atoms. The minimum absolute atomic E-state index is 0.0370. The number of rotatable bonds is 7. The smallest absolute Gasteiger partial charge is 0.344 e. The lowest BCUT2D eigenvalue weighted by Crippen LogP contribution is -2.15. The van der Waals surface area contributed by atoms with Crippen LogP contribution in [0.1, 0.15) is 26.7 Å². The zero-order valence-corrected chi connectivity index (χ0v) is 11.3. The van der Waals surface area contributed by atoms with E-state index in [0.29, 0.717) is 24.5 Å². The molecule has 0 aliphatic heterocycles. The van der Waals surface area contributed by atoms with Gasteiger partial charge in [0, 0.05) is 18.2 Å². The topological polar surface area (TPSA) is 64.6 Å². The Kier molecular flexibility index (Phi) is 6.43. The molecule has 104 valence electrons. The Bertz CT molecular complexity index is 431. The lowest BCUT2D eigenvalue weighted by atomic mass is 10.2. The van der Waals surface area contributed by atoms with E-state index in [4.69, 9.17) is 9.47 Å². The second-order valence-corrected chi connectivity index (χ2v) is 3.92. The van der Waals surface area contributed by atoms with Crippen molar-refractivity contribution in [1.29, 1.82) is 0 Å². The van der Waals surface area contributed by atoms with Crippen LogP contribution in [0.15, 0.2) is 24.3 Å². The van der Waals surface area contributed by atoms with Crippen molar-refractivity contribution in [2.24, 2.45) is 0 Å². The lowest BCUT2D eigenvalue weighted by Gasteiger charge is -2.08. The van der Waals surface area contributed by atoms with Crippen molar-refractivity contribution in [2.45, 2.75) is 26.7 Å². The summed E-state index contributed by atoms with van der Waals surface area (Å²) < 4.78 is 10.0. The molecule has 0 unspecified atom stereocenters. The third kappa shape index (κ3) is 5.90. The van der Waals surface area contributed by atoms with Crippen LogP contribution in [-0.4, -0.2) is 25.1 Å². The zero-order valence-electron chi connectivity index (χ0n) is 11.3. The van der Waals surface area contributed by atoms with Gasteiger partial charge in [0.2, 0.25) is 5.91 Å². The molecular weight excluding hydrogens is 246 g/mol. The lowest BCUT2D eigenvalue weighted by molar-refractivity contribution is -0.145. The summed E-state index contributed by atoms with van der Waals surface area (Å²) >= 11 is 0. The van der Waals surface area contributed by atoms with Crippen LogP contribution < -0.4 is 10.1 Å². The molecule has 0 saturated carbocycles. The van der Waals surface area contributed by atoms with E-state index < -0.39 is 5.97 Å². The Morgan fingerprint density at radius 1 is 1.26 bits per heavy atom. The summed E-state index contributed by atoms with van der Waals surface area (Å²) in [6, 6.07) is 6.91. The average Bonchev–Trinajstić information content (AvgIpc) is 2.37. The fourth-order valence-electron chi connectivity index (χ4n) is 1.46. The zero-order chi connectivity index (χ0) is 14.1. The SMILES string of the molecule is CCCC(=O)Nc1cccc(OCC(=O)OCC)c1. The number of amides is 1. The molecule has 0 atom stereocenters. The highest BCUT2D eigenvalue weighted by atomic mass is 16.6. The third-order valence-corrected chi connectivity index (χ3v) is 2.26. The van der Waals surface area contributed by atoms with Gasteiger partial charge in [-0.1, -0.05) is 13.0 Å². The highest BCUT2D eigenvalue weighted by molar-refractivity contribution is 5.90. The maximum atomic E-state index is 11.4. The maximum Gasteiger partial charge on any atom is 0.344 e. The second-order valence-electron chi connectivity index (χ2n) is 3.92. The van der Waals surface area contributed by atoms with E-state index in [1.54, 1.807) is 31.2 Å². The minimum Gasteiger partial charge on any atom is -0.482 e. The van der Waals surface area contributed by atoms with Gasteiger partial charge in [0.05, 0.1) is 6.61 Å². The monoisotopic (exact) mass is 265 g/mol. The summed E-state index contributed by atoms with van der Waals surface area (Å²) in [5, 5.41) is 2.76. The number of esters is 1. The van der Waals surface area contributed by atoms with E-state index in [-0.39, 0.29) is 12.5 Å². The highest BCUT2D eigenvalue weighted by Gasteiger charge is 2.05. The predicted molar refractivity (Wildman–Crippen MR) is 72.1 cm³/mol. The first-order valence-electron chi connectivity index (χ1n) is 6.34. The van der Waals surface area contributed by atoms with E-state index in [1.807, 2.05) is 6.92 Å². The molecule has 0 radical (unpaired) electrons. The van der Waals surface area contributed by atoms with Crippen LogP contribution in [0, 0.1) is 0 Å². The van der Waals surface area contributed by atoms with Crippen molar-refractivity contribution in [2.75, 3.05) is 18.5 Å². The van der Waals surface area contributed by atoms with Crippen LogP contribution in [0.2, 0.25) is 0 Å². The van der Waals surface area contributed by atoms with E-state index in [0.717, 1.165) is 6.42 Å². The fraction of sp³-hybridized carbons (Fsp3) is 0.429. The summed E-state index contributed by atoms with van der Waals surface area (Å²) in [4.78, 5) is 22.6. The van der Waals surface area contributed by atoms with Crippen LogP contribution in [0.4, 0.5) is 5.69 Å². The van der Waals surface area contributed by atoms with Gasteiger partial charge in [-0.15, -0.1) is 0 Å². The number of carbonyl (C=O) groups excluding carboxylic acids is 2. The summed E-state index contributed by atoms with van der Waals surface area (Å²) in [5.41, 5.74) is 0.653. The molecule has 0 saturated heterocycles. The normalized spacial score (nSPS) is 9.79. The van der Waals surface area contributed by atoms with Gasteiger partial charge in [0.1, 0.15) is 5.75 Å². The van der Waals surface area contributed by atoms with Gasteiger partial charge in [-0.2, -0.15) is 0 Å². The van der Waals surface area contributed by atoms with Crippen molar-refractivity contribution < 1.29 is 19.1 Å². The number of hydrogen-bond acceptors (Lipinski definition) is 4. The van der Waals surface area contributed by atoms with Gasteiger partial charge < -0.3 is 14.8 Å². The second kappa shape index (κ2) is 8.13. The molecule has 0 aliphatic rings. The molecule has 1 N–H and O–H groups in total. The first-order valence-corrected chi connectivity index (χ1v) is 6.34. The molecule has 0 heterocycles.